The van der Waals surface area contributed by atoms with E-state index in [0.29, 0.717) is 29.3 Å². The number of hydrogen-bond acceptors (Lipinski definition) is 6. The lowest BCUT2D eigenvalue weighted by molar-refractivity contribution is 0.0684. The number of amides is 3. The lowest BCUT2D eigenvalue weighted by Crippen LogP contribution is -2.50. The van der Waals surface area contributed by atoms with Gasteiger partial charge in [-0.15, -0.1) is 0 Å². The summed E-state index contributed by atoms with van der Waals surface area (Å²) in [6.45, 7) is -0.745. The number of rotatable bonds is 8. The third-order valence-electron chi connectivity index (χ3n) is 7.47. The Balaban J connectivity index is 1.56. The highest BCUT2D eigenvalue weighted by Crippen LogP contribution is 2.45. The lowest BCUT2D eigenvalue weighted by Gasteiger charge is -2.35. The summed E-state index contributed by atoms with van der Waals surface area (Å²) in [4.78, 5) is 45.6. The van der Waals surface area contributed by atoms with Gasteiger partial charge in [-0.05, 0) is 59.5 Å². The molecule has 0 bridgehead atoms. The minimum atomic E-state index is -4.00. The van der Waals surface area contributed by atoms with E-state index in [-0.39, 0.29) is 57.3 Å². The highest BCUT2D eigenvalue weighted by molar-refractivity contribution is 7.99. The number of carbonyl (C=O) groups is 2. The zero-order chi connectivity index (χ0) is 33.5. The normalized spacial score (nSPS) is 16.6. The van der Waals surface area contributed by atoms with Crippen molar-refractivity contribution in [3.8, 4) is 11.8 Å². The number of fused-ring (bicyclic) bond motifs is 1. The second-order valence-electron chi connectivity index (χ2n) is 10.4. The molecule has 2 aromatic carbocycles. The predicted octanol–water partition coefficient (Wildman–Crippen LogP) is 7.33. The van der Waals surface area contributed by atoms with Crippen molar-refractivity contribution in [1.82, 2.24) is 14.8 Å². The predicted molar refractivity (Wildman–Crippen MR) is 163 cm³/mol. The first kappa shape index (κ1) is 33.7. The van der Waals surface area contributed by atoms with Crippen molar-refractivity contribution in [2.45, 2.75) is 47.0 Å². The highest BCUT2D eigenvalue weighted by atomic mass is 35.5. The Hall–Kier alpha value is -3.64. The number of nitrogens with one attached hydrogen (secondary N) is 1. The minimum absolute atomic E-state index is 0.0175. The van der Waals surface area contributed by atoms with E-state index >= 15 is 0 Å². The second kappa shape index (κ2) is 13.2. The zero-order valence-electron chi connectivity index (χ0n) is 23.4. The summed E-state index contributed by atoms with van der Waals surface area (Å²) >= 11 is 18.5. The number of pyridine rings is 1. The van der Waals surface area contributed by atoms with Crippen LogP contribution >= 0.6 is 46.6 Å². The molecule has 3 heterocycles. The number of benzene rings is 2. The number of phenolic OH excluding ortho intramolecular Hbond substituents is 1. The van der Waals surface area contributed by atoms with Gasteiger partial charge in [0.15, 0.2) is 0 Å². The van der Waals surface area contributed by atoms with Crippen LogP contribution in [0.2, 0.25) is 10.0 Å². The Kier molecular flexibility index (Phi) is 9.70. The first-order valence-corrected chi connectivity index (χ1v) is 15.5. The van der Waals surface area contributed by atoms with Crippen LogP contribution in [0.5, 0.6) is 5.75 Å². The molecule has 9 nitrogen and oxygen atoms in total. The van der Waals surface area contributed by atoms with Gasteiger partial charge in [0.2, 0.25) is 0 Å². The van der Waals surface area contributed by atoms with Crippen LogP contribution in [0.4, 0.5) is 28.0 Å². The summed E-state index contributed by atoms with van der Waals surface area (Å²) in [6, 6.07) is 8.28. The summed E-state index contributed by atoms with van der Waals surface area (Å²) < 4.78 is 54.4. The molecular formula is C29H22Cl3F4N5O4S. The lowest BCUT2D eigenvalue weighted by atomic mass is 10.0. The number of urea groups is 1. The standard InChI is InChI=1S/C29H22Cl3F4N5O4S/c30-16-3-1-4-17(31)25(16)46-21-11-22(29(32,35)36)38-26(43)24(21)27(44)41-12-14-9-19(20(42)10-15(14)18(41)5-6-37)40-8-2-7-39(28(40)45)13-23(33)34/h1,3-4,9-11,18,23,42H,2,5,7-8,12-13H2,(H,38,43)/t18-/m0/s1. The van der Waals surface area contributed by atoms with Gasteiger partial charge in [-0.2, -0.15) is 14.0 Å². The van der Waals surface area contributed by atoms with Crippen molar-refractivity contribution in [3.63, 3.8) is 0 Å². The van der Waals surface area contributed by atoms with E-state index in [1.165, 1.54) is 29.2 Å². The van der Waals surface area contributed by atoms with Gasteiger partial charge in [-0.25, -0.2) is 13.6 Å². The third kappa shape index (κ3) is 6.60. The van der Waals surface area contributed by atoms with Crippen LogP contribution < -0.4 is 10.5 Å². The molecule has 0 radical (unpaired) electrons. The molecule has 5 rings (SSSR count). The summed E-state index contributed by atoms with van der Waals surface area (Å²) in [7, 11) is 0. The average Bonchev–Trinajstić information content (AvgIpc) is 3.32. The number of phenols is 1. The number of carbonyl (C=O) groups excluding carboxylic acids is 2. The number of anilines is 1. The SMILES string of the molecule is N#CC[C@H]1c2cc(O)c(N3CCCN(CC(F)F)C3=O)cc2CN1C(=O)c1c(Sc2c(Cl)cccc2Cl)cc(C(F)(F)Cl)[nH]c1=O. The first-order valence-electron chi connectivity index (χ1n) is 13.6. The van der Waals surface area contributed by atoms with E-state index in [4.69, 9.17) is 34.8 Å². The molecule has 0 aliphatic carbocycles. The average molecular weight is 719 g/mol. The van der Waals surface area contributed by atoms with Crippen LogP contribution in [0, 0.1) is 11.3 Å². The molecule has 0 spiro atoms. The van der Waals surface area contributed by atoms with E-state index in [1.54, 1.807) is 6.07 Å². The molecule has 2 N–H and O–H groups in total. The van der Waals surface area contributed by atoms with Gasteiger partial charge in [-0.3, -0.25) is 14.5 Å². The number of nitriles is 1. The molecule has 1 saturated heterocycles. The molecule has 2 aliphatic heterocycles. The monoisotopic (exact) mass is 717 g/mol. The minimum Gasteiger partial charge on any atom is -0.506 e. The molecule has 17 heteroatoms. The summed E-state index contributed by atoms with van der Waals surface area (Å²) in [5.74, 6) is -1.33. The Morgan fingerprint density at radius 2 is 1.87 bits per heavy atom. The van der Waals surface area contributed by atoms with Crippen molar-refractivity contribution >= 4 is 64.2 Å². The third-order valence-corrected chi connectivity index (χ3v) is 9.71. The number of alkyl halides is 5. The van der Waals surface area contributed by atoms with Crippen molar-refractivity contribution in [3.05, 3.63) is 79.2 Å². The number of aromatic amines is 1. The summed E-state index contributed by atoms with van der Waals surface area (Å²) in [5, 5.41) is 16.8. The van der Waals surface area contributed by atoms with Crippen LogP contribution in [0.3, 0.4) is 0 Å². The smallest absolute Gasteiger partial charge is 0.362 e. The van der Waals surface area contributed by atoms with E-state index in [1.807, 2.05) is 11.1 Å². The van der Waals surface area contributed by atoms with Crippen LogP contribution in [-0.4, -0.2) is 57.9 Å². The van der Waals surface area contributed by atoms with Crippen LogP contribution in [0.15, 0.2) is 51.0 Å². The number of halogens is 7. The molecule has 242 valence electrons. The first-order chi connectivity index (χ1) is 21.7. The van der Waals surface area contributed by atoms with Crippen molar-refractivity contribution in [2.75, 3.05) is 24.5 Å². The highest BCUT2D eigenvalue weighted by Gasteiger charge is 2.40. The van der Waals surface area contributed by atoms with Crippen LogP contribution in [0.1, 0.15) is 46.1 Å². The number of hydrogen-bond donors (Lipinski definition) is 2. The van der Waals surface area contributed by atoms with Crippen LogP contribution in [0.25, 0.3) is 0 Å². The van der Waals surface area contributed by atoms with Crippen molar-refractivity contribution < 1.29 is 32.3 Å². The molecule has 1 aromatic heterocycles. The maximum Gasteiger partial charge on any atom is 0.362 e. The molecule has 46 heavy (non-hydrogen) atoms. The number of nitrogens with zero attached hydrogens (tertiary/aromatic N) is 4. The van der Waals surface area contributed by atoms with E-state index in [2.05, 4.69) is 0 Å². The van der Waals surface area contributed by atoms with Gasteiger partial charge in [0.25, 0.3) is 17.9 Å². The van der Waals surface area contributed by atoms with Gasteiger partial charge in [0.1, 0.15) is 17.0 Å². The van der Waals surface area contributed by atoms with Gasteiger partial charge < -0.3 is 19.9 Å². The van der Waals surface area contributed by atoms with Crippen molar-refractivity contribution in [1.29, 1.82) is 5.26 Å². The number of aromatic nitrogens is 1. The van der Waals surface area contributed by atoms with Gasteiger partial charge in [0, 0.05) is 29.4 Å². The molecule has 1 fully saturated rings. The number of aromatic hydroxyl groups is 1. The summed E-state index contributed by atoms with van der Waals surface area (Å²) in [6.07, 6.45) is -2.68. The Labute approximate surface area is 278 Å². The van der Waals surface area contributed by atoms with Gasteiger partial charge >= 0.3 is 11.4 Å². The molecule has 3 aromatic rings. The maximum atomic E-state index is 14.1. The van der Waals surface area contributed by atoms with E-state index in [9.17, 15) is 42.3 Å². The van der Waals surface area contributed by atoms with Gasteiger partial charge in [-0.1, -0.05) is 41.0 Å². The quantitative estimate of drug-likeness (QED) is 0.186. The Morgan fingerprint density at radius 1 is 1.17 bits per heavy atom. The molecule has 0 saturated carbocycles. The summed E-state index contributed by atoms with van der Waals surface area (Å²) in [5.41, 5.74) is -1.97. The largest absolute Gasteiger partial charge is 0.506 e. The van der Waals surface area contributed by atoms with Crippen molar-refractivity contribution in [2.24, 2.45) is 0 Å². The molecule has 0 unspecified atom stereocenters. The Bertz CT molecular complexity index is 1800. The maximum absolute atomic E-state index is 14.1. The fourth-order valence-corrected chi connectivity index (χ4v) is 7.17. The molecular weight excluding hydrogens is 697 g/mol. The zero-order valence-corrected chi connectivity index (χ0v) is 26.5. The number of H-pyrrole nitrogens is 1. The molecule has 3 amide bonds. The molecule has 1 atom stereocenters. The molecule has 2 aliphatic rings. The fraction of sp³-hybridized carbons (Fsp3) is 0.310. The van der Waals surface area contributed by atoms with Gasteiger partial charge in [0.05, 0.1) is 40.8 Å². The van der Waals surface area contributed by atoms with Crippen LogP contribution in [-0.2, 0) is 11.9 Å². The topological polar surface area (TPSA) is 121 Å². The van der Waals surface area contributed by atoms with E-state index < -0.39 is 53.1 Å². The Morgan fingerprint density at radius 3 is 2.50 bits per heavy atom. The van der Waals surface area contributed by atoms with E-state index in [0.717, 1.165) is 15.9 Å². The second-order valence-corrected chi connectivity index (χ2v) is 12.7. The fourth-order valence-electron chi connectivity index (χ4n) is 5.43.